The third kappa shape index (κ3) is 9.78. The van der Waals surface area contributed by atoms with Crippen LogP contribution in [0.15, 0.2) is 80.9 Å². The van der Waals surface area contributed by atoms with Crippen LogP contribution in [0.1, 0.15) is 116 Å². The Hall–Kier alpha value is -9.48. The van der Waals surface area contributed by atoms with Crippen LogP contribution in [-0.4, -0.2) is 122 Å². The van der Waals surface area contributed by atoms with Crippen LogP contribution in [0.3, 0.4) is 0 Å². The lowest BCUT2D eigenvalue weighted by molar-refractivity contribution is -0.139. The second-order valence-corrected chi connectivity index (χ2v) is 17.9. The van der Waals surface area contributed by atoms with E-state index >= 15 is 0 Å². The smallest absolute Gasteiger partial charge is 0.339 e. The van der Waals surface area contributed by atoms with Gasteiger partial charge in [0.1, 0.15) is 33.1 Å². The van der Waals surface area contributed by atoms with Gasteiger partial charge in [0, 0.05) is 25.2 Å². The normalized spacial score (nSPS) is 13.5. The average Bonchev–Trinajstić information content (AvgIpc) is 3.93. The van der Waals surface area contributed by atoms with E-state index in [9.17, 15) is 77.3 Å². The van der Waals surface area contributed by atoms with Crippen molar-refractivity contribution in [3.8, 4) is 0 Å². The second kappa shape index (κ2) is 20.3. The molecule has 7 rings (SSSR count). The number of rotatable bonds is 21. The zero-order chi connectivity index (χ0) is 54.2. The molecule has 4 amide bonds. The van der Waals surface area contributed by atoms with Crippen molar-refractivity contribution in [2.45, 2.75) is 46.8 Å². The highest BCUT2D eigenvalue weighted by Crippen LogP contribution is 2.32. The predicted octanol–water partition coefficient (Wildman–Crippen LogP) is 2.07. The monoisotopic (exact) mass is 1020 g/mol. The van der Waals surface area contributed by atoms with Crippen molar-refractivity contribution < 1.29 is 77.1 Å². The number of carboxylic acid groups (broad SMARTS) is 2. The zero-order valence-electron chi connectivity index (χ0n) is 39.5. The van der Waals surface area contributed by atoms with E-state index in [-0.39, 0.29) is 64.7 Å². The van der Waals surface area contributed by atoms with Crippen LogP contribution in [0.5, 0.6) is 0 Å². The molecule has 24 nitrogen and oxygen atoms in total. The van der Waals surface area contributed by atoms with Crippen LogP contribution < -0.4 is 22.2 Å². The summed E-state index contributed by atoms with van der Waals surface area (Å²) in [5, 5.41) is 18.6. The maximum Gasteiger partial charge on any atom is 0.339 e. The van der Waals surface area contributed by atoms with Crippen molar-refractivity contribution >= 4 is 81.0 Å². The quantitative estimate of drug-likeness (QED) is 0.0349. The molecule has 4 heterocycles. The summed E-state index contributed by atoms with van der Waals surface area (Å²) >= 11 is 0. The number of carbonyl (C=O) groups excluding carboxylic acids is 8. The summed E-state index contributed by atoms with van der Waals surface area (Å²) in [6, 6.07) is 5.57. The molecular formula is C50H42N4O20. The minimum absolute atomic E-state index is 0.132. The van der Waals surface area contributed by atoms with Gasteiger partial charge in [-0.1, -0.05) is 33.9 Å². The Balaban J connectivity index is 1.03. The van der Waals surface area contributed by atoms with E-state index in [4.69, 9.17) is 18.9 Å². The lowest BCUT2D eigenvalue weighted by Crippen LogP contribution is -2.39. The number of imide groups is 2. The second-order valence-electron chi connectivity index (χ2n) is 17.9. The van der Waals surface area contributed by atoms with Gasteiger partial charge in [-0.05, 0) is 60.6 Å². The van der Waals surface area contributed by atoms with Gasteiger partial charge < -0.3 is 29.2 Å². The highest BCUT2D eigenvalue weighted by molar-refractivity contribution is 6.24. The van der Waals surface area contributed by atoms with Crippen molar-refractivity contribution in [2.24, 2.45) is 11.3 Å². The van der Waals surface area contributed by atoms with Crippen molar-refractivity contribution in [2.75, 3.05) is 33.0 Å². The number of hydrogen-bond donors (Lipinski definition) is 2. The number of carbonyl (C=O) groups is 10. The number of esters is 4. The van der Waals surface area contributed by atoms with E-state index in [0.29, 0.717) is 15.9 Å². The number of benzene rings is 3. The van der Waals surface area contributed by atoms with Crippen LogP contribution in [0.25, 0.3) is 21.5 Å². The third-order valence-corrected chi connectivity index (χ3v) is 12.2. The first-order valence-electron chi connectivity index (χ1n) is 22.3. The fourth-order valence-corrected chi connectivity index (χ4v) is 8.90. The molecule has 1 unspecified atom stereocenters. The largest absolute Gasteiger partial charge is 0.478 e. The van der Waals surface area contributed by atoms with Gasteiger partial charge in [0.25, 0.3) is 45.9 Å². The molecule has 0 spiro atoms. The predicted molar refractivity (Wildman–Crippen MR) is 253 cm³/mol. The first kappa shape index (κ1) is 52.3. The van der Waals surface area contributed by atoms with E-state index in [1.807, 2.05) is 0 Å². The average molecular weight is 1020 g/mol. The van der Waals surface area contributed by atoms with E-state index in [1.165, 1.54) is 0 Å². The molecule has 5 aromatic rings. The number of amides is 4. The number of aromatic nitrogens is 2. The molecule has 2 N–H and O–H groups in total. The van der Waals surface area contributed by atoms with Crippen molar-refractivity contribution in [1.82, 2.24) is 18.9 Å². The van der Waals surface area contributed by atoms with Crippen molar-refractivity contribution in [3.63, 3.8) is 0 Å². The molecule has 74 heavy (non-hydrogen) atoms. The number of fused-ring (bicyclic) bond motifs is 4. The number of nitrogens with zero attached hydrogens (tertiary/aromatic N) is 4. The summed E-state index contributed by atoms with van der Waals surface area (Å²) in [4.78, 5) is 183. The van der Waals surface area contributed by atoms with Crippen molar-refractivity contribution in [3.05, 3.63) is 148 Å². The van der Waals surface area contributed by atoms with Gasteiger partial charge in [-0.2, -0.15) is 0 Å². The molecule has 0 aliphatic carbocycles. The summed E-state index contributed by atoms with van der Waals surface area (Å²) < 4.78 is 20.9. The number of ether oxygens (including phenoxy) is 4. The van der Waals surface area contributed by atoms with Crippen LogP contribution in [-0.2, 0) is 41.7 Å². The lowest BCUT2D eigenvalue weighted by atomic mass is 9.82. The topological polar surface area (TPSA) is 333 Å². The molecule has 2 aromatic heterocycles. The Labute approximate surface area is 414 Å². The molecule has 0 fully saturated rings. The first-order chi connectivity index (χ1) is 34.9. The van der Waals surface area contributed by atoms with Crippen LogP contribution in [0.4, 0.5) is 0 Å². The molecule has 24 heteroatoms. The molecule has 382 valence electrons. The first-order valence-corrected chi connectivity index (χ1v) is 22.3. The molecule has 2 aliphatic heterocycles. The zero-order valence-corrected chi connectivity index (χ0v) is 39.5. The van der Waals surface area contributed by atoms with Crippen LogP contribution in [0, 0.1) is 11.3 Å². The van der Waals surface area contributed by atoms with Gasteiger partial charge in [-0.3, -0.25) is 57.3 Å². The Bertz CT molecular complexity index is 3510. The van der Waals surface area contributed by atoms with Crippen LogP contribution >= 0.6 is 0 Å². The van der Waals surface area contributed by atoms with Crippen LogP contribution in [0.2, 0.25) is 0 Å². The van der Waals surface area contributed by atoms with Gasteiger partial charge in [0.15, 0.2) is 0 Å². The van der Waals surface area contributed by atoms with Gasteiger partial charge in [-0.25, -0.2) is 28.8 Å². The summed E-state index contributed by atoms with van der Waals surface area (Å²) in [5.41, 5.74) is -8.30. The molecule has 0 saturated carbocycles. The van der Waals surface area contributed by atoms with E-state index in [0.717, 1.165) is 58.0 Å². The maximum absolute atomic E-state index is 13.8. The molecule has 2 aliphatic rings. The SMILES string of the molecule is C=CC(=O)OCCOC(=O)c1cc2c(cc1C(=O)O)C(=O)N(CCC(C)CC(C)(C)Cn1c(=O)c3cc4c(=O)n(CN5C(=O)c6cc(C(=O)O)c(C(=O)OCCOC(=O)C=C)cc6C5=O)c(=O)c4cc3c1=O)C2=O. The van der Waals surface area contributed by atoms with E-state index < -0.39 is 147 Å². The molecule has 0 saturated heterocycles. The van der Waals surface area contributed by atoms with E-state index in [1.54, 1.807) is 20.8 Å². The molecule has 0 radical (unpaired) electrons. The van der Waals surface area contributed by atoms with Gasteiger partial charge in [0.05, 0.1) is 66.1 Å². The molecule has 1 atom stereocenters. The van der Waals surface area contributed by atoms with Gasteiger partial charge in [-0.15, -0.1) is 0 Å². The highest BCUT2D eigenvalue weighted by atomic mass is 16.6. The van der Waals surface area contributed by atoms with Gasteiger partial charge in [0.2, 0.25) is 0 Å². The third-order valence-electron chi connectivity index (χ3n) is 12.2. The lowest BCUT2D eigenvalue weighted by Gasteiger charge is -2.28. The summed E-state index contributed by atoms with van der Waals surface area (Å²) in [6.07, 6.45) is 2.29. The number of aromatic carboxylic acids is 2. The minimum atomic E-state index is -1.67. The Morgan fingerprint density at radius 1 is 0.541 bits per heavy atom. The Morgan fingerprint density at radius 3 is 1.27 bits per heavy atom. The van der Waals surface area contributed by atoms with E-state index in [2.05, 4.69) is 13.2 Å². The Morgan fingerprint density at radius 2 is 0.892 bits per heavy atom. The standard InChI is InChI=1S/C50H42N4O20/c1-6-36(55)71-10-12-73-48(69)34-18-30-28(16-32(34)46(65)66)38(57)51(39(30)58)9-8-23(3)20-50(4,5)21-52-40(59)24-14-26-27(15-25(24)41(52)60)43(62)53(42(26)61)22-54-44(63)29-17-33(47(67)68)35(19-31(29)45(54)64)49(70)74-13-11-72-37(56)7-2/h6-7,14-19,23H,1-2,8-13,20-22H2,3-5H3,(H,65,66)(H,67,68). The maximum atomic E-state index is 13.8. The summed E-state index contributed by atoms with van der Waals surface area (Å²) in [6.45, 7) is 8.79. The van der Waals surface area contributed by atoms with Gasteiger partial charge >= 0.3 is 35.8 Å². The highest BCUT2D eigenvalue weighted by Gasteiger charge is 2.41. The Kier molecular flexibility index (Phi) is 14.4. The fraction of sp³-hybridized carbons (Fsp3) is 0.280. The summed E-state index contributed by atoms with van der Waals surface area (Å²) in [5.74, 6) is -11.3. The fourth-order valence-electron chi connectivity index (χ4n) is 8.90. The van der Waals surface area contributed by atoms with Crippen molar-refractivity contribution in [1.29, 1.82) is 0 Å². The number of hydrogen-bond acceptors (Lipinski definition) is 18. The molecular weight excluding hydrogens is 977 g/mol. The summed E-state index contributed by atoms with van der Waals surface area (Å²) in [7, 11) is 0. The minimum Gasteiger partial charge on any atom is -0.478 e. The molecule has 0 bridgehead atoms. The number of carboxylic acids is 2. The molecule has 3 aromatic carbocycles.